The van der Waals surface area contributed by atoms with Gasteiger partial charge >= 0.3 is 0 Å². The van der Waals surface area contributed by atoms with Crippen molar-refractivity contribution in [3.05, 3.63) is 23.8 Å². The van der Waals surface area contributed by atoms with Crippen LogP contribution in [0.2, 0.25) is 0 Å². The number of hydrogen-bond donors (Lipinski definition) is 1. The molecule has 0 aliphatic carbocycles. The van der Waals surface area contributed by atoms with Gasteiger partial charge in [-0.2, -0.15) is 0 Å². The zero-order chi connectivity index (χ0) is 15.1. The largest absolute Gasteiger partial charge is 0.496 e. The topological polar surface area (TPSA) is 56.8 Å². The monoisotopic (exact) mass is 293 g/mol. The molecule has 1 amide bonds. The lowest BCUT2D eigenvalue weighted by Crippen LogP contribution is -2.31. The van der Waals surface area contributed by atoms with Gasteiger partial charge in [0.15, 0.2) is 0 Å². The predicted octanol–water partition coefficient (Wildman–Crippen LogP) is 1.93. The number of benzene rings is 1. The van der Waals surface area contributed by atoms with Crippen molar-refractivity contribution >= 4 is 5.91 Å². The SMILES string of the molecule is COc1cccc(OC)c1CCC(=O)NC[C@@H]1CCCO1. The summed E-state index contributed by atoms with van der Waals surface area (Å²) in [5.41, 5.74) is 0.926. The molecule has 0 bridgehead atoms. The standard InChI is InChI=1S/C16H23NO4/c1-19-14-6-3-7-15(20-2)13(14)8-9-16(18)17-11-12-5-4-10-21-12/h3,6-7,12H,4-5,8-11H2,1-2H3,(H,17,18)/t12-/m0/s1. The van der Waals surface area contributed by atoms with Gasteiger partial charge in [0.25, 0.3) is 0 Å². The summed E-state index contributed by atoms with van der Waals surface area (Å²) < 4.78 is 16.1. The van der Waals surface area contributed by atoms with Crippen LogP contribution in [0, 0.1) is 0 Å². The highest BCUT2D eigenvalue weighted by molar-refractivity contribution is 5.76. The van der Waals surface area contributed by atoms with Crippen molar-refractivity contribution in [2.75, 3.05) is 27.4 Å². The average molecular weight is 293 g/mol. The molecule has 5 heteroatoms. The van der Waals surface area contributed by atoms with Crippen LogP contribution in [0.5, 0.6) is 11.5 Å². The summed E-state index contributed by atoms with van der Waals surface area (Å²) in [6.45, 7) is 1.40. The van der Waals surface area contributed by atoms with E-state index in [1.807, 2.05) is 18.2 Å². The molecule has 21 heavy (non-hydrogen) atoms. The lowest BCUT2D eigenvalue weighted by atomic mass is 10.1. The summed E-state index contributed by atoms with van der Waals surface area (Å²) in [6.07, 6.45) is 3.28. The lowest BCUT2D eigenvalue weighted by molar-refractivity contribution is -0.121. The average Bonchev–Trinajstić information content (AvgIpc) is 3.03. The quantitative estimate of drug-likeness (QED) is 0.834. The maximum Gasteiger partial charge on any atom is 0.220 e. The number of carbonyl (C=O) groups excluding carboxylic acids is 1. The summed E-state index contributed by atoms with van der Waals surface area (Å²) in [6, 6.07) is 5.63. The highest BCUT2D eigenvalue weighted by atomic mass is 16.5. The van der Waals surface area contributed by atoms with E-state index in [1.165, 1.54) is 0 Å². The Morgan fingerprint density at radius 3 is 2.62 bits per heavy atom. The van der Waals surface area contributed by atoms with Crippen LogP contribution in [0.15, 0.2) is 18.2 Å². The summed E-state index contributed by atoms with van der Waals surface area (Å²) in [5.74, 6) is 1.53. The maximum atomic E-state index is 11.9. The Bertz CT molecular complexity index is 447. The van der Waals surface area contributed by atoms with Crippen molar-refractivity contribution in [1.29, 1.82) is 0 Å². The van der Waals surface area contributed by atoms with Crippen LogP contribution in [0.3, 0.4) is 0 Å². The Labute approximate surface area is 125 Å². The van der Waals surface area contributed by atoms with Gasteiger partial charge in [0.2, 0.25) is 5.91 Å². The zero-order valence-electron chi connectivity index (χ0n) is 12.7. The Kier molecular flexibility index (Phi) is 5.87. The molecule has 116 valence electrons. The van der Waals surface area contributed by atoms with Crippen LogP contribution in [-0.2, 0) is 16.0 Å². The number of rotatable bonds is 7. The van der Waals surface area contributed by atoms with E-state index >= 15 is 0 Å². The first-order chi connectivity index (χ1) is 10.2. The van der Waals surface area contributed by atoms with Crippen molar-refractivity contribution in [2.45, 2.75) is 31.8 Å². The fraction of sp³-hybridized carbons (Fsp3) is 0.562. The Morgan fingerprint density at radius 1 is 1.33 bits per heavy atom. The maximum absolute atomic E-state index is 11.9. The van der Waals surface area contributed by atoms with Crippen LogP contribution in [0.4, 0.5) is 0 Å². The second-order valence-corrected chi connectivity index (χ2v) is 5.08. The van der Waals surface area contributed by atoms with E-state index < -0.39 is 0 Å². The van der Waals surface area contributed by atoms with E-state index in [0.29, 0.717) is 19.4 Å². The Balaban J connectivity index is 1.85. The van der Waals surface area contributed by atoms with Crippen molar-refractivity contribution in [1.82, 2.24) is 5.32 Å². The van der Waals surface area contributed by atoms with Gasteiger partial charge in [-0.1, -0.05) is 6.07 Å². The molecule has 0 spiro atoms. The van der Waals surface area contributed by atoms with Crippen molar-refractivity contribution in [2.24, 2.45) is 0 Å². The van der Waals surface area contributed by atoms with E-state index in [2.05, 4.69) is 5.32 Å². The van der Waals surface area contributed by atoms with E-state index in [1.54, 1.807) is 14.2 Å². The third-order valence-electron chi connectivity index (χ3n) is 3.68. The van der Waals surface area contributed by atoms with E-state index in [4.69, 9.17) is 14.2 Å². The third kappa shape index (κ3) is 4.36. The number of methoxy groups -OCH3 is 2. The van der Waals surface area contributed by atoms with Gasteiger partial charge in [0.05, 0.1) is 20.3 Å². The molecule has 1 aliphatic heterocycles. The highest BCUT2D eigenvalue weighted by Crippen LogP contribution is 2.29. The zero-order valence-corrected chi connectivity index (χ0v) is 12.7. The predicted molar refractivity (Wildman–Crippen MR) is 79.9 cm³/mol. The number of hydrogen-bond acceptors (Lipinski definition) is 4. The Hall–Kier alpha value is -1.75. The molecule has 1 aliphatic rings. The smallest absolute Gasteiger partial charge is 0.220 e. The molecule has 1 aromatic rings. The minimum absolute atomic E-state index is 0.0264. The van der Waals surface area contributed by atoms with Gasteiger partial charge in [-0.3, -0.25) is 4.79 Å². The first kappa shape index (κ1) is 15.6. The fourth-order valence-corrected chi connectivity index (χ4v) is 2.53. The van der Waals surface area contributed by atoms with Gasteiger partial charge in [-0.15, -0.1) is 0 Å². The van der Waals surface area contributed by atoms with Crippen LogP contribution >= 0.6 is 0 Å². The van der Waals surface area contributed by atoms with Crippen LogP contribution in [0.25, 0.3) is 0 Å². The van der Waals surface area contributed by atoms with Gasteiger partial charge < -0.3 is 19.5 Å². The normalized spacial score (nSPS) is 17.5. The minimum atomic E-state index is 0.0264. The van der Waals surface area contributed by atoms with Gasteiger partial charge in [-0.05, 0) is 31.4 Å². The molecule has 1 fully saturated rings. The van der Waals surface area contributed by atoms with Gasteiger partial charge in [-0.25, -0.2) is 0 Å². The fourth-order valence-electron chi connectivity index (χ4n) is 2.53. The molecule has 0 unspecified atom stereocenters. The molecule has 1 N–H and O–H groups in total. The van der Waals surface area contributed by atoms with E-state index in [9.17, 15) is 4.79 Å². The molecule has 5 nitrogen and oxygen atoms in total. The highest BCUT2D eigenvalue weighted by Gasteiger charge is 2.17. The third-order valence-corrected chi connectivity index (χ3v) is 3.68. The lowest BCUT2D eigenvalue weighted by Gasteiger charge is -2.14. The minimum Gasteiger partial charge on any atom is -0.496 e. The summed E-state index contributed by atoms with van der Waals surface area (Å²) in [4.78, 5) is 11.9. The van der Waals surface area contributed by atoms with Crippen LogP contribution in [-0.4, -0.2) is 39.4 Å². The van der Waals surface area contributed by atoms with Crippen LogP contribution < -0.4 is 14.8 Å². The summed E-state index contributed by atoms with van der Waals surface area (Å²) in [5, 5.41) is 2.92. The molecule has 0 aromatic heterocycles. The van der Waals surface area contributed by atoms with E-state index in [0.717, 1.165) is 36.5 Å². The second kappa shape index (κ2) is 7.88. The molecule has 1 atom stereocenters. The first-order valence-electron chi connectivity index (χ1n) is 7.32. The molecule has 1 saturated heterocycles. The molecule has 0 radical (unpaired) electrons. The molecule has 1 aromatic carbocycles. The van der Waals surface area contributed by atoms with Gasteiger partial charge in [0.1, 0.15) is 11.5 Å². The molecular weight excluding hydrogens is 270 g/mol. The van der Waals surface area contributed by atoms with Crippen LogP contribution in [0.1, 0.15) is 24.8 Å². The summed E-state index contributed by atoms with van der Waals surface area (Å²) in [7, 11) is 3.24. The molecule has 0 saturated carbocycles. The summed E-state index contributed by atoms with van der Waals surface area (Å²) >= 11 is 0. The van der Waals surface area contributed by atoms with E-state index in [-0.39, 0.29) is 12.0 Å². The molecular formula is C16H23NO4. The van der Waals surface area contributed by atoms with Crippen molar-refractivity contribution < 1.29 is 19.0 Å². The van der Waals surface area contributed by atoms with Crippen molar-refractivity contribution in [3.63, 3.8) is 0 Å². The number of carbonyl (C=O) groups is 1. The molecule has 2 rings (SSSR count). The van der Waals surface area contributed by atoms with Crippen molar-refractivity contribution in [3.8, 4) is 11.5 Å². The Morgan fingerprint density at radius 2 is 2.05 bits per heavy atom. The van der Waals surface area contributed by atoms with Gasteiger partial charge in [0, 0.05) is 25.1 Å². The molecule has 1 heterocycles. The number of amides is 1. The first-order valence-corrected chi connectivity index (χ1v) is 7.32. The number of ether oxygens (including phenoxy) is 3. The second-order valence-electron chi connectivity index (χ2n) is 5.08. The number of nitrogens with one attached hydrogen (secondary N) is 1.